The number of rotatable bonds is 4. The zero-order chi connectivity index (χ0) is 31.9. The molecule has 0 fully saturated rings. The summed E-state index contributed by atoms with van der Waals surface area (Å²) in [5.41, 5.74) is 6.13. The summed E-state index contributed by atoms with van der Waals surface area (Å²) in [4.78, 5) is 9.14. The van der Waals surface area contributed by atoms with E-state index in [9.17, 15) is 4.39 Å². The van der Waals surface area contributed by atoms with Gasteiger partial charge in [0.05, 0.1) is 8.07 Å². The van der Waals surface area contributed by atoms with E-state index in [1.54, 1.807) is 23.6 Å². The first-order valence-corrected chi connectivity index (χ1v) is 19.1. The normalized spacial score (nSPS) is 12.0. The van der Waals surface area contributed by atoms with E-state index in [0.29, 0.717) is 0 Å². The van der Waals surface area contributed by atoms with Crippen LogP contribution in [-0.2, 0) is 20.1 Å². The minimum absolute atomic E-state index is 0. The van der Waals surface area contributed by atoms with Crippen LogP contribution < -0.4 is 5.19 Å². The summed E-state index contributed by atoms with van der Waals surface area (Å²) >= 11 is 1.69. The van der Waals surface area contributed by atoms with E-state index in [-0.39, 0.29) is 25.9 Å². The summed E-state index contributed by atoms with van der Waals surface area (Å²) in [6, 6.07) is 33.6. The molecule has 7 aromatic rings. The molecule has 0 saturated carbocycles. The zero-order valence-electron chi connectivity index (χ0n) is 27.3. The van der Waals surface area contributed by atoms with Crippen molar-refractivity contribution in [2.45, 2.75) is 46.3 Å². The van der Waals surface area contributed by atoms with Gasteiger partial charge in [-0.15, -0.1) is 59.7 Å². The quantitative estimate of drug-likeness (QED) is 0.131. The molecule has 4 aromatic carbocycles. The molecular formula is C39H35FIrN2SSi-2. The molecule has 45 heavy (non-hydrogen) atoms. The van der Waals surface area contributed by atoms with Crippen molar-refractivity contribution in [1.29, 1.82) is 0 Å². The van der Waals surface area contributed by atoms with Crippen molar-refractivity contribution in [2.75, 3.05) is 0 Å². The number of aromatic nitrogens is 2. The third kappa shape index (κ3) is 6.85. The van der Waals surface area contributed by atoms with Gasteiger partial charge in [-0.1, -0.05) is 80.3 Å². The van der Waals surface area contributed by atoms with Crippen molar-refractivity contribution in [1.82, 2.24) is 9.97 Å². The van der Waals surface area contributed by atoms with Crippen LogP contribution in [0.25, 0.3) is 53.5 Å². The molecule has 0 atom stereocenters. The van der Waals surface area contributed by atoms with Gasteiger partial charge < -0.3 is 9.97 Å². The maximum atomic E-state index is 13.6. The molecule has 3 aromatic heterocycles. The van der Waals surface area contributed by atoms with Crippen LogP contribution in [0.4, 0.5) is 4.39 Å². The van der Waals surface area contributed by atoms with Gasteiger partial charge in [-0.2, -0.15) is 11.3 Å². The molecule has 6 heteroatoms. The fourth-order valence-electron chi connectivity index (χ4n) is 5.61. The Bertz CT molecular complexity index is 2170. The fourth-order valence-corrected chi connectivity index (χ4v) is 8.66. The van der Waals surface area contributed by atoms with Crippen molar-refractivity contribution in [3.63, 3.8) is 0 Å². The van der Waals surface area contributed by atoms with Crippen molar-refractivity contribution in [3.05, 3.63) is 126 Å². The molecule has 7 rings (SSSR count). The molecule has 0 bridgehead atoms. The molecule has 0 aliphatic rings. The van der Waals surface area contributed by atoms with Gasteiger partial charge in [0.1, 0.15) is 5.82 Å². The number of thiophene rings is 1. The second-order valence-corrected chi connectivity index (χ2v) is 18.4. The van der Waals surface area contributed by atoms with E-state index in [1.807, 2.05) is 62.4 Å². The molecule has 1 radical (unpaired) electrons. The number of aryl methyl sites for hydroxylation is 1. The molecule has 0 N–H and O–H groups in total. The Hall–Kier alpha value is -3.54. The maximum Gasteiger partial charge on any atom is 0.123 e. The molecule has 0 aliphatic heterocycles. The molecule has 0 saturated heterocycles. The molecule has 3 heterocycles. The van der Waals surface area contributed by atoms with E-state index in [4.69, 9.17) is 1.37 Å². The number of hydrogen-bond donors (Lipinski definition) is 0. The number of fused-ring (bicyclic) bond motifs is 5. The molecule has 2 nitrogen and oxygen atoms in total. The number of pyridine rings is 2. The van der Waals surface area contributed by atoms with Crippen LogP contribution in [0.5, 0.6) is 0 Å². The van der Waals surface area contributed by atoms with Crippen LogP contribution in [0.1, 0.15) is 32.2 Å². The summed E-state index contributed by atoms with van der Waals surface area (Å²) in [6.45, 7) is 13.0. The van der Waals surface area contributed by atoms with Crippen molar-refractivity contribution < 1.29 is 25.9 Å². The van der Waals surface area contributed by atoms with Gasteiger partial charge in [0.2, 0.25) is 0 Å². The van der Waals surface area contributed by atoms with Crippen molar-refractivity contribution in [3.8, 4) is 22.5 Å². The number of hydrogen-bond acceptors (Lipinski definition) is 3. The Morgan fingerprint density at radius 3 is 2.31 bits per heavy atom. The summed E-state index contributed by atoms with van der Waals surface area (Å²) < 4.78 is 24.2. The summed E-state index contributed by atoms with van der Waals surface area (Å²) in [5.74, 6) is -0.910. The maximum absolute atomic E-state index is 13.6. The zero-order valence-corrected chi connectivity index (χ0v) is 30.5. The SMILES string of the molecule is Cc1cc(-c2[c-]cccc2)ncc1[Si](C)(C)C.[2H]C(C)(C)c1ccnc(-c2[c-]ccc3c2sc2c4ccc(F)cc4ccc32)c1.[Ir]. The third-order valence-electron chi connectivity index (χ3n) is 7.87. The van der Waals surface area contributed by atoms with Gasteiger partial charge in [-0.05, 0) is 68.4 Å². The Balaban J connectivity index is 0.000000200. The van der Waals surface area contributed by atoms with Gasteiger partial charge >= 0.3 is 0 Å². The second kappa shape index (κ2) is 13.4. The van der Waals surface area contributed by atoms with Gasteiger partial charge in [0.25, 0.3) is 0 Å². The first kappa shape index (κ1) is 31.4. The largest absolute Gasteiger partial charge is 0.305 e. The molecule has 0 amide bonds. The van der Waals surface area contributed by atoms with E-state index >= 15 is 0 Å². The summed E-state index contributed by atoms with van der Waals surface area (Å²) in [7, 11) is -1.27. The Morgan fingerprint density at radius 1 is 0.822 bits per heavy atom. The van der Waals surface area contributed by atoms with Crippen molar-refractivity contribution >= 4 is 55.5 Å². The van der Waals surface area contributed by atoms with E-state index < -0.39 is 14.0 Å². The second-order valence-electron chi connectivity index (χ2n) is 12.3. The van der Waals surface area contributed by atoms with E-state index in [1.165, 1.54) is 16.8 Å². The van der Waals surface area contributed by atoms with Crippen LogP contribution in [0.3, 0.4) is 0 Å². The molecule has 0 aliphatic carbocycles. The predicted octanol–water partition coefficient (Wildman–Crippen LogP) is 10.7. The number of benzene rings is 4. The average molecular weight is 804 g/mol. The number of nitrogens with zero attached hydrogens (tertiary/aromatic N) is 2. The van der Waals surface area contributed by atoms with Crippen LogP contribution in [-0.4, -0.2) is 18.0 Å². The minimum atomic E-state index is -1.27. The van der Waals surface area contributed by atoms with Crippen LogP contribution in [0, 0.1) is 24.9 Å². The Morgan fingerprint density at radius 2 is 1.60 bits per heavy atom. The molecule has 0 spiro atoms. The van der Waals surface area contributed by atoms with Crippen molar-refractivity contribution in [2.24, 2.45) is 0 Å². The van der Waals surface area contributed by atoms with Crippen LogP contribution >= 0.6 is 11.3 Å². The molecule has 229 valence electrons. The Kier molecular flexibility index (Phi) is 9.39. The monoisotopic (exact) mass is 804 g/mol. The first-order chi connectivity index (χ1) is 21.4. The number of halogens is 1. The molecule has 0 unspecified atom stereocenters. The Labute approximate surface area is 285 Å². The third-order valence-corrected chi connectivity index (χ3v) is 11.3. The standard InChI is InChI=1S/C24H17FNS.C15H18NSi.Ir/c1-14(2)15-10-11-26-22(13-15)21-5-3-4-19-20-8-6-16-12-17(25)7-9-18(16)23(20)27-24(19)21;1-12-10-14(13-8-6-5-7-9-13)16-11-15(12)17(2,3)4;/h3-4,6-14H,1-2H3;5-8,10-11H,1-4H3;/q2*-1;/i14D;;. The summed E-state index contributed by atoms with van der Waals surface area (Å²) in [6.07, 6.45) is 3.82. The summed E-state index contributed by atoms with van der Waals surface area (Å²) in [5, 5.41) is 5.71. The molecular weight excluding hydrogens is 768 g/mol. The van der Waals surface area contributed by atoms with E-state index in [2.05, 4.69) is 79.1 Å². The van der Waals surface area contributed by atoms with Crippen LogP contribution in [0.15, 0.2) is 97.3 Å². The van der Waals surface area contributed by atoms with Gasteiger partial charge in [0, 0.05) is 38.6 Å². The van der Waals surface area contributed by atoms with E-state index in [0.717, 1.165) is 59.0 Å². The topological polar surface area (TPSA) is 25.8 Å². The van der Waals surface area contributed by atoms with Gasteiger partial charge in [0.15, 0.2) is 0 Å². The predicted molar refractivity (Wildman–Crippen MR) is 189 cm³/mol. The first-order valence-electron chi connectivity index (χ1n) is 15.3. The van der Waals surface area contributed by atoms with Crippen LogP contribution in [0.2, 0.25) is 19.6 Å². The smallest absolute Gasteiger partial charge is 0.123 e. The minimum Gasteiger partial charge on any atom is -0.305 e. The fraction of sp³-hybridized carbons (Fsp3) is 0.179. The van der Waals surface area contributed by atoms with Gasteiger partial charge in [-0.25, -0.2) is 4.39 Å². The van der Waals surface area contributed by atoms with Gasteiger partial charge in [-0.3, -0.25) is 0 Å². The average Bonchev–Trinajstić information content (AvgIpc) is 3.40.